The van der Waals surface area contributed by atoms with Crippen molar-refractivity contribution < 1.29 is 18.8 Å². The highest BCUT2D eigenvalue weighted by Crippen LogP contribution is 2.33. The SMILES string of the molecule is CC[C@H](NC(=O)[C@H](C)NC(=O)c1ccc(-c2ccccc2Cl)c(Cl)c1)C(=O)c1nc2ccccc2o1. The van der Waals surface area contributed by atoms with Crippen molar-refractivity contribution in [1.29, 1.82) is 0 Å². The van der Waals surface area contributed by atoms with Crippen LogP contribution in [0.1, 0.15) is 41.3 Å². The molecule has 1 aromatic heterocycles. The van der Waals surface area contributed by atoms with Crippen molar-refractivity contribution >= 4 is 51.9 Å². The molecule has 36 heavy (non-hydrogen) atoms. The number of carbonyl (C=O) groups is 3. The van der Waals surface area contributed by atoms with E-state index in [1.165, 1.54) is 13.0 Å². The standard InChI is InChI=1S/C27H23Cl2N3O4/c1-3-21(24(33)27-32-22-10-6-7-11-23(22)36-27)31-25(34)15(2)30-26(35)16-12-13-18(20(29)14-16)17-8-4-5-9-19(17)28/h4-15,21H,3H2,1-2H3,(H,30,35)(H,31,34)/t15-,21-/m0/s1. The van der Waals surface area contributed by atoms with Crippen molar-refractivity contribution in [2.45, 2.75) is 32.4 Å². The van der Waals surface area contributed by atoms with E-state index < -0.39 is 29.7 Å². The fourth-order valence-electron chi connectivity index (χ4n) is 3.68. The van der Waals surface area contributed by atoms with Crippen LogP contribution in [-0.4, -0.2) is 34.7 Å². The predicted molar refractivity (Wildman–Crippen MR) is 139 cm³/mol. The van der Waals surface area contributed by atoms with E-state index >= 15 is 0 Å². The molecule has 0 aliphatic heterocycles. The van der Waals surface area contributed by atoms with Gasteiger partial charge in [0, 0.05) is 26.7 Å². The van der Waals surface area contributed by atoms with Gasteiger partial charge in [-0.15, -0.1) is 0 Å². The number of carbonyl (C=O) groups excluding carboxylic acids is 3. The number of rotatable bonds is 8. The molecule has 0 saturated heterocycles. The monoisotopic (exact) mass is 523 g/mol. The Balaban J connectivity index is 1.41. The number of Topliss-reactive ketones (excluding diaryl/α,β-unsaturated/α-hetero) is 1. The molecule has 4 aromatic rings. The highest BCUT2D eigenvalue weighted by Gasteiger charge is 2.27. The number of hydrogen-bond acceptors (Lipinski definition) is 5. The Kier molecular flexibility index (Phi) is 7.72. The molecule has 2 atom stereocenters. The Hall–Kier alpha value is -3.68. The number of nitrogens with zero attached hydrogens (tertiary/aromatic N) is 1. The van der Waals surface area contributed by atoms with E-state index in [2.05, 4.69) is 15.6 Å². The maximum atomic E-state index is 12.9. The largest absolute Gasteiger partial charge is 0.434 e. The topological polar surface area (TPSA) is 101 Å². The smallest absolute Gasteiger partial charge is 0.266 e. The number of nitrogens with one attached hydrogen (secondary N) is 2. The number of hydrogen-bond donors (Lipinski definition) is 2. The Bertz CT molecular complexity index is 1420. The summed E-state index contributed by atoms with van der Waals surface area (Å²) in [5.41, 5.74) is 2.76. The van der Waals surface area contributed by atoms with Gasteiger partial charge in [-0.25, -0.2) is 4.98 Å². The fraction of sp³-hybridized carbons (Fsp3) is 0.185. The number of ketones is 1. The summed E-state index contributed by atoms with van der Waals surface area (Å²) in [5.74, 6) is -1.52. The number of benzene rings is 3. The quantitative estimate of drug-likeness (QED) is 0.288. The van der Waals surface area contributed by atoms with E-state index in [9.17, 15) is 14.4 Å². The first kappa shape index (κ1) is 25.4. The van der Waals surface area contributed by atoms with Crippen molar-refractivity contribution in [2.75, 3.05) is 0 Å². The molecule has 0 radical (unpaired) electrons. The summed E-state index contributed by atoms with van der Waals surface area (Å²) in [7, 11) is 0. The zero-order chi connectivity index (χ0) is 25.8. The predicted octanol–water partition coefficient (Wildman–Crippen LogP) is 5.70. The summed E-state index contributed by atoms with van der Waals surface area (Å²) in [6.45, 7) is 3.29. The molecular weight excluding hydrogens is 501 g/mol. The molecule has 0 bridgehead atoms. The van der Waals surface area contributed by atoms with Gasteiger partial charge in [-0.2, -0.15) is 0 Å². The zero-order valence-corrected chi connectivity index (χ0v) is 21.1. The van der Waals surface area contributed by atoms with Gasteiger partial charge in [-0.05, 0) is 43.7 Å². The summed E-state index contributed by atoms with van der Waals surface area (Å²) < 4.78 is 5.53. The maximum absolute atomic E-state index is 12.9. The minimum atomic E-state index is -0.912. The lowest BCUT2D eigenvalue weighted by Gasteiger charge is -2.19. The summed E-state index contributed by atoms with van der Waals surface area (Å²) >= 11 is 12.7. The number of halogens is 2. The Morgan fingerprint density at radius 1 is 0.917 bits per heavy atom. The van der Waals surface area contributed by atoms with Crippen LogP contribution in [0.25, 0.3) is 22.2 Å². The number of fused-ring (bicyclic) bond motifs is 1. The lowest BCUT2D eigenvalue weighted by Crippen LogP contribution is -2.50. The Morgan fingerprint density at radius 2 is 1.61 bits per heavy atom. The molecule has 0 aliphatic rings. The first-order valence-corrected chi connectivity index (χ1v) is 12.1. The first-order valence-electron chi connectivity index (χ1n) is 11.3. The number of para-hydroxylation sites is 2. The minimum Gasteiger partial charge on any atom is -0.434 e. The summed E-state index contributed by atoms with van der Waals surface area (Å²) in [5, 5.41) is 6.20. The van der Waals surface area contributed by atoms with E-state index in [1.54, 1.807) is 49.4 Å². The highest BCUT2D eigenvalue weighted by atomic mass is 35.5. The van der Waals surface area contributed by atoms with Crippen molar-refractivity contribution in [1.82, 2.24) is 15.6 Å². The first-order chi connectivity index (χ1) is 17.3. The normalized spacial score (nSPS) is 12.7. The summed E-state index contributed by atoms with van der Waals surface area (Å²) in [6, 6.07) is 17.3. The second kappa shape index (κ2) is 10.9. The van der Waals surface area contributed by atoms with Gasteiger partial charge < -0.3 is 15.1 Å². The Labute approximate surface area is 217 Å². The highest BCUT2D eigenvalue weighted by molar-refractivity contribution is 6.36. The Morgan fingerprint density at radius 3 is 2.31 bits per heavy atom. The summed E-state index contributed by atoms with van der Waals surface area (Å²) in [6.07, 6.45) is 0.323. The molecule has 7 nitrogen and oxygen atoms in total. The van der Waals surface area contributed by atoms with Gasteiger partial charge >= 0.3 is 0 Å². The fourth-order valence-corrected chi connectivity index (χ4v) is 4.20. The minimum absolute atomic E-state index is 0.0757. The van der Waals surface area contributed by atoms with Crippen molar-refractivity contribution in [3.63, 3.8) is 0 Å². The van der Waals surface area contributed by atoms with Crippen molar-refractivity contribution in [3.8, 4) is 11.1 Å². The van der Waals surface area contributed by atoms with Gasteiger partial charge in [0.05, 0.1) is 6.04 Å². The second-order valence-electron chi connectivity index (χ2n) is 8.19. The van der Waals surface area contributed by atoms with Gasteiger partial charge in [-0.3, -0.25) is 14.4 Å². The zero-order valence-electron chi connectivity index (χ0n) is 19.5. The molecule has 0 fully saturated rings. The lowest BCUT2D eigenvalue weighted by molar-refractivity contribution is -0.123. The molecular formula is C27H23Cl2N3O4. The van der Waals surface area contributed by atoms with Crippen molar-refractivity contribution in [3.05, 3.63) is 88.2 Å². The summed E-state index contributed by atoms with van der Waals surface area (Å²) in [4.78, 5) is 42.6. The molecule has 0 saturated carbocycles. The van der Waals surface area contributed by atoms with Crippen LogP contribution in [0.2, 0.25) is 10.0 Å². The van der Waals surface area contributed by atoms with E-state index in [0.29, 0.717) is 33.1 Å². The van der Waals surface area contributed by atoms with Gasteiger partial charge in [0.15, 0.2) is 5.58 Å². The van der Waals surface area contributed by atoms with Crippen LogP contribution >= 0.6 is 23.2 Å². The molecule has 3 aromatic carbocycles. The average molecular weight is 524 g/mol. The van der Waals surface area contributed by atoms with Gasteiger partial charge in [-0.1, -0.05) is 66.5 Å². The van der Waals surface area contributed by atoms with Gasteiger partial charge in [0.25, 0.3) is 11.8 Å². The third kappa shape index (κ3) is 5.42. The maximum Gasteiger partial charge on any atom is 0.266 e. The van der Waals surface area contributed by atoms with E-state index in [1.807, 2.05) is 18.2 Å². The number of amides is 2. The van der Waals surface area contributed by atoms with Crippen LogP contribution in [-0.2, 0) is 4.79 Å². The molecule has 184 valence electrons. The molecule has 0 spiro atoms. The third-order valence-corrected chi connectivity index (χ3v) is 6.32. The number of aromatic nitrogens is 1. The molecule has 0 aliphatic carbocycles. The molecule has 2 N–H and O–H groups in total. The van der Waals surface area contributed by atoms with Crippen LogP contribution in [0.5, 0.6) is 0 Å². The van der Waals surface area contributed by atoms with Gasteiger partial charge in [0.2, 0.25) is 11.7 Å². The van der Waals surface area contributed by atoms with Gasteiger partial charge in [0.1, 0.15) is 11.6 Å². The van der Waals surface area contributed by atoms with E-state index in [0.717, 1.165) is 5.56 Å². The lowest BCUT2D eigenvalue weighted by atomic mass is 10.0. The van der Waals surface area contributed by atoms with Crippen LogP contribution < -0.4 is 10.6 Å². The molecule has 1 heterocycles. The average Bonchev–Trinajstić information content (AvgIpc) is 3.31. The second-order valence-corrected chi connectivity index (χ2v) is 9.00. The van der Waals surface area contributed by atoms with Crippen molar-refractivity contribution in [2.24, 2.45) is 0 Å². The van der Waals surface area contributed by atoms with Crippen LogP contribution in [0.4, 0.5) is 0 Å². The molecule has 4 rings (SSSR count). The van der Waals surface area contributed by atoms with Crippen LogP contribution in [0.3, 0.4) is 0 Å². The van der Waals surface area contributed by atoms with E-state index in [-0.39, 0.29) is 11.5 Å². The molecule has 9 heteroatoms. The third-order valence-electron chi connectivity index (χ3n) is 5.68. The van der Waals surface area contributed by atoms with E-state index in [4.69, 9.17) is 27.6 Å². The molecule has 2 amide bonds. The number of oxazole rings is 1. The van der Waals surface area contributed by atoms with Crippen LogP contribution in [0, 0.1) is 0 Å². The molecule has 0 unspecified atom stereocenters. The van der Waals surface area contributed by atoms with Crippen LogP contribution in [0.15, 0.2) is 71.1 Å².